The van der Waals surface area contributed by atoms with E-state index in [1.807, 2.05) is 36.6 Å². The highest BCUT2D eigenvalue weighted by Crippen LogP contribution is 2.17. The molecule has 0 radical (unpaired) electrons. The van der Waals surface area contributed by atoms with E-state index < -0.39 is 6.17 Å². The molecule has 0 spiro atoms. The van der Waals surface area contributed by atoms with E-state index in [-0.39, 0.29) is 0 Å². The summed E-state index contributed by atoms with van der Waals surface area (Å²) in [5.41, 5.74) is 0.777. The minimum Gasteiger partial charge on any atom is -0.231 e. The van der Waals surface area contributed by atoms with E-state index in [4.69, 9.17) is 13.1 Å². The minimum atomic E-state index is -0.805. The Morgan fingerprint density at radius 3 is 2.33 bits per heavy atom. The lowest BCUT2D eigenvalue weighted by molar-refractivity contribution is 1.30. The Kier molecular flexibility index (Phi) is 4.40. The van der Waals surface area contributed by atoms with Crippen molar-refractivity contribution in [2.24, 2.45) is 4.99 Å². The monoisotopic (exact) mass is 215 g/mol. The molecule has 74 valence electrons. The molecule has 0 amide bonds. The quantitative estimate of drug-likeness (QED) is 0.421. The number of para-hydroxylation sites is 1. The predicted octanol–water partition coefficient (Wildman–Crippen LogP) is 3.24. The highest BCUT2D eigenvalue weighted by molar-refractivity contribution is 8.13. The Balaban J connectivity index is 2.99. The van der Waals surface area contributed by atoms with Crippen molar-refractivity contribution in [3.8, 4) is 0 Å². The van der Waals surface area contributed by atoms with Crippen LogP contribution in [0.1, 0.15) is 0 Å². The van der Waals surface area contributed by atoms with Gasteiger partial charge in [-0.05, 0) is 18.4 Å². The molecule has 0 fully saturated rings. The molecule has 0 aliphatic rings. The normalized spacial score (nSPS) is 10.8. The molecule has 3 nitrogen and oxygen atoms in total. The van der Waals surface area contributed by atoms with Crippen LogP contribution in [0.5, 0.6) is 0 Å². The van der Waals surface area contributed by atoms with E-state index in [0.717, 1.165) is 5.69 Å². The van der Waals surface area contributed by atoms with Crippen LogP contribution in [-0.4, -0.2) is 17.5 Å². The Labute approximate surface area is 93.5 Å². The van der Waals surface area contributed by atoms with Crippen LogP contribution in [-0.2, 0) is 0 Å². The predicted molar refractivity (Wildman–Crippen MR) is 64.0 cm³/mol. The standard InChI is InChI=1S/C11H9N3S/c1-12-10(13-2)11(15-3)14-9-7-5-4-6-8-9/h4-8,10H,3H3. The van der Waals surface area contributed by atoms with E-state index in [1.54, 1.807) is 0 Å². The summed E-state index contributed by atoms with van der Waals surface area (Å²) in [6, 6.07) is 9.35. The number of aliphatic imine (C=N–C) groups is 1. The lowest BCUT2D eigenvalue weighted by atomic mass is 10.3. The maximum Gasteiger partial charge on any atom is 0.525 e. The van der Waals surface area contributed by atoms with Gasteiger partial charge in [-0.2, -0.15) is 0 Å². The SMILES string of the molecule is [C-]#[N+]C([N+]#[C-])C(=Nc1ccccc1)SC. The van der Waals surface area contributed by atoms with Gasteiger partial charge in [0.2, 0.25) is 5.04 Å². The first-order valence-electron chi connectivity index (χ1n) is 4.22. The molecule has 1 aromatic carbocycles. The van der Waals surface area contributed by atoms with Crippen molar-refractivity contribution >= 4 is 22.5 Å². The average molecular weight is 215 g/mol. The Bertz CT molecular complexity index is 411. The van der Waals surface area contributed by atoms with E-state index in [1.165, 1.54) is 11.8 Å². The van der Waals surface area contributed by atoms with Gasteiger partial charge in [-0.25, -0.2) is 27.8 Å². The number of rotatable bonds is 2. The summed E-state index contributed by atoms with van der Waals surface area (Å²) in [5, 5.41) is 0.547. The molecule has 0 saturated carbocycles. The number of hydrogen-bond donors (Lipinski definition) is 0. The maximum absolute atomic E-state index is 6.88. The molecule has 0 aliphatic carbocycles. The summed E-state index contributed by atoms with van der Waals surface area (Å²) < 4.78 is 0. The van der Waals surface area contributed by atoms with Gasteiger partial charge in [-0.1, -0.05) is 30.0 Å². The van der Waals surface area contributed by atoms with Crippen LogP contribution in [0.2, 0.25) is 0 Å². The van der Waals surface area contributed by atoms with E-state index in [0.29, 0.717) is 5.04 Å². The van der Waals surface area contributed by atoms with Crippen LogP contribution in [0, 0.1) is 13.1 Å². The third-order valence-corrected chi connectivity index (χ3v) is 2.39. The summed E-state index contributed by atoms with van der Waals surface area (Å²) in [7, 11) is 0. The Hall–Kier alpha value is -1.78. The van der Waals surface area contributed by atoms with E-state index in [9.17, 15) is 0 Å². The topological polar surface area (TPSA) is 21.1 Å². The second kappa shape index (κ2) is 5.85. The zero-order chi connectivity index (χ0) is 11.1. The fourth-order valence-electron chi connectivity index (χ4n) is 0.978. The van der Waals surface area contributed by atoms with E-state index >= 15 is 0 Å². The van der Waals surface area contributed by atoms with Crippen molar-refractivity contribution in [2.45, 2.75) is 6.17 Å². The largest absolute Gasteiger partial charge is 0.525 e. The molecule has 0 N–H and O–H groups in total. The number of nitrogens with zero attached hydrogens (tertiary/aromatic N) is 3. The van der Waals surface area contributed by atoms with Crippen LogP contribution in [0.3, 0.4) is 0 Å². The molecule has 4 heteroatoms. The summed E-state index contributed by atoms with van der Waals surface area (Å²) in [5.74, 6) is 0. The third kappa shape index (κ3) is 3.12. The maximum atomic E-state index is 6.88. The first kappa shape index (κ1) is 11.3. The number of thioether (sulfide) groups is 1. The summed E-state index contributed by atoms with van der Waals surface area (Å²) in [6.45, 7) is 13.8. The molecule has 0 atom stereocenters. The summed E-state index contributed by atoms with van der Waals surface area (Å²) in [4.78, 5) is 10.7. The molecule has 1 aromatic rings. The molecule has 0 unspecified atom stereocenters. The van der Waals surface area contributed by atoms with Crippen LogP contribution < -0.4 is 0 Å². The summed E-state index contributed by atoms with van der Waals surface area (Å²) >= 11 is 1.34. The smallest absolute Gasteiger partial charge is 0.231 e. The zero-order valence-electron chi connectivity index (χ0n) is 8.21. The van der Waals surface area contributed by atoms with Crippen LogP contribution in [0.25, 0.3) is 9.69 Å². The van der Waals surface area contributed by atoms with E-state index in [2.05, 4.69) is 14.7 Å². The van der Waals surface area contributed by atoms with Crippen molar-refractivity contribution in [1.29, 1.82) is 0 Å². The average Bonchev–Trinajstić information content (AvgIpc) is 2.30. The Morgan fingerprint density at radius 1 is 1.27 bits per heavy atom. The van der Waals surface area contributed by atoms with Gasteiger partial charge in [0.05, 0.1) is 5.69 Å². The van der Waals surface area contributed by atoms with Gasteiger partial charge in [0.25, 0.3) is 0 Å². The van der Waals surface area contributed by atoms with Crippen molar-refractivity contribution in [3.63, 3.8) is 0 Å². The molecule has 0 bridgehead atoms. The van der Waals surface area contributed by atoms with Gasteiger partial charge in [-0.3, -0.25) is 0 Å². The molecule has 1 rings (SSSR count). The highest BCUT2D eigenvalue weighted by Gasteiger charge is 2.24. The highest BCUT2D eigenvalue weighted by atomic mass is 32.2. The second-order valence-corrected chi connectivity index (χ2v) is 3.45. The van der Waals surface area contributed by atoms with Crippen molar-refractivity contribution in [3.05, 3.63) is 53.2 Å². The van der Waals surface area contributed by atoms with Gasteiger partial charge in [-0.15, -0.1) is 0 Å². The first-order valence-corrected chi connectivity index (χ1v) is 5.45. The zero-order valence-corrected chi connectivity index (χ0v) is 9.03. The number of hydrogen-bond acceptors (Lipinski definition) is 2. The van der Waals surface area contributed by atoms with Crippen molar-refractivity contribution < 1.29 is 0 Å². The molecule has 15 heavy (non-hydrogen) atoms. The fraction of sp³-hybridized carbons (Fsp3) is 0.182. The molecule has 0 heterocycles. The fourth-order valence-corrected chi connectivity index (χ4v) is 1.49. The molecule has 0 aromatic heterocycles. The van der Waals surface area contributed by atoms with Gasteiger partial charge in [0.1, 0.15) is 0 Å². The van der Waals surface area contributed by atoms with Gasteiger partial charge in [0.15, 0.2) is 0 Å². The lowest BCUT2D eigenvalue weighted by Crippen LogP contribution is -2.07. The van der Waals surface area contributed by atoms with Gasteiger partial charge < -0.3 is 0 Å². The van der Waals surface area contributed by atoms with Crippen LogP contribution in [0.4, 0.5) is 5.69 Å². The van der Waals surface area contributed by atoms with Crippen LogP contribution in [0.15, 0.2) is 35.3 Å². The Morgan fingerprint density at radius 2 is 1.87 bits per heavy atom. The first-order chi connectivity index (χ1) is 7.31. The third-order valence-electron chi connectivity index (χ3n) is 1.67. The molecular weight excluding hydrogens is 206 g/mol. The molecule has 0 saturated heterocycles. The van der Waals surface area contributed by atoms with Crippen molar-refractivity contribution in [1.82, 2.24) is 0 Å². The molecule has 0 aliphatic heterocycles. The van der Waals surface area contributed by atoms with Crippen molar-refractivity contribution in [2.75, 3.05) is 6.26 Å². The van der Waals surface area contributed by atoms with Gasteiger partial charge in [0, 0.05) is 0 Å². The lowest BCUT2D eigenvalue weighted by Gasteiger charge is -1.96. The summed E-state index contributed by atoms with van der Waals surface area (Å²) in [6.07, 6.45) is 1.02. The number of benzene rings is 1. The second-order valence-electron chi connectivity index (χ2n) is 2.62. The molecular formula is C11H9N3S. The van der Waals surface area contributed by atoms with Crippen LogP contribution >= 0.6 is 11.8 Å². The van der Waals surface area contributed by atoms with Gasteiger partial charge >= 0.3 is 6.17 Å². The minimum absolute atomic E-state index is 0.547.